The van der Waals surface area contributed by atoms with Gasteiger partial charge in [0.05, 0.1) is 11.6 Å². The minimum Gasteiger partial charge on any atom is -0.482 e. The Labute approximate surface area is 139 Å². The van der Waals surface area contributed by atoms with E-state index in [0.29, 0.717) is 11.3 Å². The number of esters is 1. The van der Waals surface area contributed by atoms with Crippen LogP contribution in [0.15, 0.2) is 66.7 Å². The van der Waals surface area contributed by atoms with Crippen LogP contribution in [-0.4, -0.2) is 12.6 Å². The predicted molar refractivity (Wildman–Crippen MR) is 90.4 cm³/mol. The van der Waals surface area contributed by atoms with E-state index in [1.165, 1.54) is 0 Å². The van der Waals surface area contributed by atoms with Gasteiger partial charge in [-0.05, 0) is 40.6 Å². The van der Waals surface area contributed by atoms with Crippen LogP contribution in [0.4, 0.5) is 0 Å². The first-order chi connectivity index (χ1) is 11.8. The van der Waals surface area contributed by atoms with E-state index in [0.717, 1.165) is 16.3 Å². The number of hydrogen-bond donors (Lipinski definition) is 0. The van der Waals surface area contributed by atoms with Crippen LogP contribution in [0.5, 0.6) is 5.75 Å². The van der Waals surface area contributed by atoms with Crippen molar-refractivity contribution in [3.63, 3.8) is 0 Å². The molecule has 4 nitrogen and oxygen atoms in total. The van der Waals surface area contributed by atoms with Crippen molar-refractivity contribution in [2.24, 2.45) is 0 Å². The fourth-order valence-corrected chi connectivity index (χ4v) is 2.39. The van der Waals surface area contributed by atoms with E-state index in [1.54, 1.807) is 24.3 Å². The quantitative estimate of drug-likeness (QED) is 0.671. The van der Waals surface area contributed by atoms with Crippen LogP contribution in [0.1, 0.15) is 11.1 Å². The molecular weight excluding hydrogens is 302 g/mol. The Hall–Kier alpha value is -3.32. The Morgan fingerprint density at radius 1 is 0.958 bits per heavy atom. The molecule has 0 aliphatic heterocycles. The summed E-state index contributed by atoms with van der Waals surface area (Å²) in [6.45, 7) is 0.0353. The molecule has 0 amide bonds. The van der Waals surface area contributed by atoms with E-state index in [9.17, 15) is 4.79 Å². The molecule has 0 bridgehead atoms. The molecule has 0 atom stereocenters. The molecule has 0 spiro atoms. The van der Waals surface area contributed by atoms with Crippen LogP contribution in [0, 0.1) is 11.3 Å². The third kappa shape index (κ3) is 3.71. The van der Waals surface area contributed by atoms with E-state index in [-0.39, 0.29) is 13.2 Å². The zero-order chi connectivity index (χ0) is 16.8. The van der Waals surface area contributed by atoms with Crippen molar-refractivity contribution in [2.75, 3.05) is 6.61 Å². The Bertz CT molecular complexity index is 889. The minimum absolute atomic E-state index is 0.170. The fourth-order valence-electron chi connectivity index (χ4n) is 2.39. The first-order valence-corrected chi connectivity index (χ1v) is 7.51. The number of ether oxygens (including phenoxy) is 2. The van der Waals surface area contributed by atoms with Crippen molar-refractivity contribution < 1.29 is 14.3 Å². The summed E-state index contributed by atoms with van der Waals surface area (Å²) >= 11 is 0. The lowest BCUT2D eigenvalue weighted by molar-refractivity contribution is -0.147. The van der Waals surface area contributed by atoms with Gasteiger partial charge in [0.15, 0.2) is 6.61 Å². The second-order valence-electron chi connectivity index (χ2n) is 5.22. The van der Waals surface area contributed by atoms with Crippen molar-refractivity contribution in [3.05, 3.63) is 77.9 Å². The first-order valence-electron chi connectivity index (χ1n) is 7.51. The highest BCUT2D eigenvalue weighted by Gasteiger charge is 2.07. The minimum atomic E-state index is -0.438. The van der Waals surface area contributed by atoms with Crippen LogP contribution < -0.4 is 4.74 Å². The highest BCUT2D eigenvalue weighted by atomic mass is 16.6. The van der Waals surface area contributed by atoms with E-state index in [1.807, 2.05) is 48.5 Å². The van der Waals surface area contributed by atoms with Crippen LogP contribution in [-0.2, 0) is 16.1 Å². The average Bonchev–Trinajstić information content (AvgIpc) is 2.65. The normalized spacial score (nSPS) is 10.1. The highest BCUT2D eigenvalue weighted by molar-refractivity contribution is 5.85. The average molecular weight is 317 g/mol. The third-order valence-electron chi connectivity index (χ3n) is 3.61. The van der Waals surface area contributed by atoms with Gasteiger partial charge in [0.1, 0.15) is 12.4 Å². The Balaban J connectivity index is 1.56. The van der Waals surface area contributed by atoms with E-state index < -0.39 is 5.97 Å². The zero-order valence-corrected chi connectivity index (χ0v) is 12.9. The summed E-state index contributed by atoms with van der Waals surface area (Å²) < 4.78 is 10.6. The van der Waals surface area contributed by atoms with Gasteiger partial charge >= 0.3 is 5.97 Å². The molecule has 0 aromatic heterocycles. The summed E-state index contributed by atoms with van der Waals surface area (Å²) in [7, 11) is 0. The first kappa shape index (κ1) is 15.6. The van der Waals surface area contributed by atoms with E-state index in [4.69, 9.17) is 14.7 Å². The maximum atomic E-state index is 11.8. The van der Waals surface area contributed by atoms with E-state index in [2.05, 4.69) is 0 Å². The number of hydrogen-bond acceptors (Lipinski definition) is 4. The molecule has 3 aromatic rings. The van der Waals surface area contributed by atoms with Crippen LogP contribution in [0.3, 0.4) is 0 Å². The van der Waals surface area contributed by atoms with Crippen LogP contribution in [0.25, 0.3) is 10.8 Å². The molecule has 4 heteroatoms. The summed E-state index contributed by atoms with van der Waals surface area (Å²) in [6, 6.07) is 22.5. The van der Waals surface area contributed by atoms with Crippen molar-refractivity contribution in [3.8, 4) is 11.8 Å². The second kappa shape index (κ2) is 7.30. The molecule has 0 radical (unpaired) electrons. The molecule has 0 saturated carbocycles. The molecule has 24 heavy (non-hydrogen) atoms. The fraction of sp³-hybridized carbons (Fsp3) is 0.100. The van der Waals surface area contributed by atoms with Gasteiger partial charge in [-0.2, -0.15) is 5.26 Å². The van der Waals surface area contributed by atoms with Crippen molar-refractivity contribution in [1.82, 2.24) is 0 Å². The maximum Gasteiger partial charge on any atom is 0.344 e. The molecule has 118 valence electrons. The Morgan fingerprint density at radius 2 is 1.71 bits per heavy atom. The molecule has 0 aliphatic rings. The molecular formula is C20H15NO3. The van der Waals surface area contributed by atoms with Gasteiger partial charge in [-0.3, -0.25) is 0 Å². The van der Waals surface area contributed by atoms with E-state index >= 15 is 0 Å². The van der Waals surface area contributed by atoms with Gasteiger partial charge < -0.3 is 9.47 Å². The third-order valence-corrected chi connectivity index (χ3v) is 3.61. The Morgan fingerprint density at radius 3 is 2.50 bits per heavy atom. The lowest BCUT2D eigenvalue weighted by Gasteiger charge is -2.09. The Kier molecular flexibility index (Phi) is 4.73. The standard InChI is InChI=1S/C20H15NO3/c21-12-15-8-10-18(11-9-15)23-14-20(22)24-13-17-6-3-5-16-4-1-2-7-19(16)17/h1-11H,13-14H2. The van der Waals surface area contributed by atoms with Crippen molar-refractivity contribution in [2.45, 2.75) is 6.61 Å². The van der Waals surface area contributed by atoms with Gasteiger partial charge in [-0.1, -0.05) is 42.5 Å². The second-order valence-corrected chi connectivity index (χ2v) is 5.22. The molecule has 3 aromatic carbocycles. The predicted octanol–water partition coefficient (Wildman–Crippen LogP) is 3.83. The molecule has 3 rings (SSSR count). The highest BCUT2D eigenvalue weighted by Crippen LogP contribution is 2.19. The number of benzene rings is 3. The summed E-state index contributed by atoms with van der Waals surface area (Å²) in [5.74, 6) is 0.0865. The molecule has 0 unspecified atom stereocenters. The lowest BCUT2D eigenvalue weighted by Crippen LogP contribution is -2.14. The number of rotatable bonds is 5. The van der Waals surface area contributed by atoms with Crippen molar-refractivity contribution >= 4 is 16.7 Å². The lowest BCUT2D eigenvalue weighted by atomic mass is 10.1. The van der Waals surface area contributed by atoms with Crippen LogP contribution >= 0.6 is 0 Å². The van der Waals surface area contributed by atoms with Gasteiger partial charge in [-0.15, -0.1) is 0 Å². The number of fused-ring (bicyclic) bond motifs is 1. The smallest absolute Gasteiger partial charge is 0.344 e. The molecule has 0 N–H and O–H groups in total. The molecule has 0 saturated heterocycles. The summed E-state index contributed by atoms with van der Waals surface area (Å²) in [5, 5.41) is 10.9. The molecule has 0 fully saturated rings. The van der Waals surface area contributed by atoms with Gasteiger partial charge in [0, 0.05) is 0 Å². The van der Waals surface area contributed by atoms with Crippen molar-refractivity contribution in [1.29, 1.82) is 5.26 Å². The molecule has 0 heterocycles. The summed E-state index contributed by atoms with van der Waals surface area (Å²) in [4.78, 5) is 11.8. The number of carbonyl (C=O) groups is 1. The summed E-state index contributed by atoms with van der Waals surface area (Å²) in [5.41, 5.74) is 1.50. The monoisotopic (exact) mass is 317 g/mol. The van der Waals surface area contributed by atoms with Gasteiger partial charge in [-0.25, -0.2) is 4.79 Å². The zero-order valence-electron chi connectivity index (χ0n) is 12.9. The van der Waals surface area contributed by atoms with Gasteiger partial charge in [0.25, 0.3) is 0 Å². The van der Waals surface area contributed by atoms with Gasteiger partial charge in [0.2, 0.25) is 0 Å². The van der Waals surface area contributed by atoms with Crippen LogP contribution in [0.2, 0.25) is 0 Å². The summed E-state index contributed by atoms with van der Waals surface area (Å²) in [6.07, 6.45) is 0. The largest absolute Gasteiger partial charge is 0.482 e. The number of nitriles is 1. The topological polar surface area (TPSA) is 59.3 Å². The number of nitrogens with zero attached hydrogens (tertiary/aromatic N) is 1. The molecule has 0 aliphatic carbocycles. The maximum absolute atomic E-state index is 11.8. The number of carbonyl (C=O) groups excluding carboxylic acids is 1. The SMILES string of the molecule is N#Cc1ccc(OCC(=O)OCc2cccc3ccccc23)cc1.